The molecule has 0 radical (unpaired) electrons. The Morgan fingerprint density at radius 3 is 2.88 bits per heavy atom. The lowest BCUT2D eigenvalue weighted by Crippen LogP contribution is -2.15. The number of carbonyl (C=O) groups is 1. The summed E-state index contributed by atoms with van der Waals surface area (Å²) in [4.78, 5) is 11.7. The molecule has 0 fully saturated rings. The molecule has 16 heavy (non-hydrogen) atoms. The SMILES string of the molecule is CCn1nc(C)c(N)c1C(=O)OCCCO. The minimum atomic E-state index is -0.492. The number of rotatable bonds is 5. The van der Waals surface area contributed by atoms with Crippen LogP contribution in [0.3, 0.4) is 0 Å². The highest BCUT2D eigenvalue weighted by atomic mass is 16.5. The molecule has 6 nitrogen and oxygen atoms in total. The van der Waals surface area contributed by atoms with Crippen LogP contribution in [0, 0.1) is 6.92 Å². The molecule has 0 amide bonds. The van der Waals surface area contributed by atoms with Crippen molar-refractivity contribution in [1.29, 1.82) is 0 Å². The predicted octanol–water partition coefficient (Wildman–Crippen LogP) is 0.333. The van der Waals surface area contributed by atoms with Crippen LogP contribution in [0.5, 0.6) is 0 Å². The van der Waals surface area contributed by atoms with Crippen LogP contribution in [-0.4, -0.2) is 34.1 Å². The molecule has 0 saturated carbocycles. The summed E-state index contributed by atoms with van der Waals surface area (Å²) >= 11 is 0. The molecule has 0 unspecified atom stereocenters. The highest BCUT2D eigenvalue weighted by Gasteiger charge is 2.20. The summed E-state index contributed by atoms with van der Waals surface area (Å²) in [5, 5.41) is 12.7. The molecule has 1 aromatic rings. The lowest BCUT2D eigenvalue weighted by atomic mass is 10.3. The van der Waals surface area contributed by atoms with Gasteiger partial charge in [0.25, 0.3) is 0 Å². The third-order valence-corrected chi connectivity index (χ3v) is 2.20. The number of aliphatic hydroxyl groups excluding tert-OH is 1. The number of nitrogens with zero attached hydrogens (tertiary/aromatic N) is 2. The number of hydrogen-bond acceptors (Lipinski definition) is 5. The number of ether oxygens (including phenoxy) is 1. The van der Waals surface area contributed by atoms with Gasteiger partial charge in [0.1, 0.15) is 0 Å². The molecule has 1 aromatic heterocycles. The van der Waals surface area contributed by atoms with E-state index in [1.165, 1.54) is 4.68 Å². The van der Waals surface area contributed by atoms with Gasteiger partial charge < -0.3 is 15.6 Å². The summed E-state index contributed by atoms with van der Waals surface area (Å²) in [6.45, 7) is 4.35. The number of nitrogens with two attached hydrogens (primary N) is 1. The van der Waals surface area contributed by atoms with Crippen molar-refractivity contribution in [2.24, 2.45) is 0 Å². The molecule has 3 N–H and O–H groups in total. The Balaban J connectivity index is 2.81. The molecule has 1 heterocycles. The monoisotopic (exact) mass is 227 g/mol. The van der Waals surface area contributed by atoms with E-state index >= 15 is 0 Å². The minimum Gasteiger partial charge on any atom is -0.461 e. The number of nitrogen functional groups attached to an aromatic ring is 1. The van der Waals surface area contributed by atoms with Gasteiger partial charge >= 0.3 is 5.97 Å². The third kappa shape index (κ3) is 2.52. The van der Waals surface area contributed by atoms with E-state index < -0.39 is 5.97 Å². The lowest BCUT2D eigenvalue weighted by Gasteiger charge is -2.06. The van der Waals surface area contributed by atoms with Crippen LogP contribution in [0.1, 0.15) is 29.5 Å². The maximum atomic E-state index is 11.7. The first-order valence-electron chi connectivity index (χ1n) is 5.22. The van der Waals surface area contributed by atoms with E-state index in [9.17, 15) is 4.79 Å². The van der Waals surface area contributed by atoms with Crippen LogP contribution >= 0.6 is 0 Å². The van der Waals surface area contributed by atoms with Gasteiger partial charge in [0.05, 0.1) is 18.0 Å². The second-order valence-electron chi connectivity index (χ2n) is 3.38. The van der Waals surface area contributed by atoms with E-state index in [1.54, 1.807) is 6.92 Å². The zero-order valence-electron chi connectivity index (χ0n) is 9.56. The molecule has 0 bridgehead atoms. The molecule has 0 aliphatic heterocycles. The molecule has 0 atom stereocenters. The molecule has 0 spiro atoms. The maximum absolute atomic E-state index is 11.7. The number of aliphatic hydroxyl groups is 1. The Morgan fingerprint density at radius 1 is 1.62 bits per heavy atom. The van der Waals surface area contributed by atoms with E-state index in [2.05, 4.69) is 5.10 Å². The quantitative estimate of drug-likeness (QED) is 0.559. The van der Waals surface area contributed by atoms with E-state index in [1.807, 2.05) is 6.92 Å². The number of aryl methyl sites for hydroxylation is 2. The van der Waals surface area contributed by atoms with Crippen molar-refractivity contribution in [3.05, 3.63) is 11.4 Å². The average Bonchev–Trinajstić information content (AvgIpc) is 2.55. The van der Waals surface area contributed by atoms with Crippen molar-refractivity contribution in [3.63, 3.8) is 0 Å². The first-order chi connectivity index (χ1) is 7.61. The van der Waals surface area contributed by atoms with Crippen LogP contribution < -0.4 is 5.73 Å². The summed E-state index contributed by atoms with van der Waals surface area (Å²) in [5.74, 6) is -0.492. The van der Waals surface area contributed by atoms with Crippen molar-refractivity contribution in [1.82, 2.24) is 9.78 Å². The lowest BCUT2D eigenvalue weighted by molar-refractivity contribution is 0.0469. The standard InChI is InChI=1S/C10H17N3O3/c1-3-13-9(8(11)7(2)12-13)10(15)16-6-4-5-14/h14H,3-6,11H2,1-2H3. The predicted molar refractivity (Wildman–Crippen MR) is 59.0 cm³/mol. The zero-order chi connectivity index (χ0) is 12.1. The normalized spacial score (nSPS) is 10.4. The van der Waals surface area contributed by atoms with Crippen molar-refractivity contribution >= 4 is 11.7 Å². The number of esters is 1. The van der Waals surface area contributed by atoms with E-state index in [-0.39, 0.29) is 18.9 Å². The second kappa shape index (κ2) is 5.50. The smallest absolute Gasteiger partial charge is 0.358 e. The Morgan fingerprint density at radius 2 is 2.31 bits per heavy atom. The minimum absolute atomic E-state index is 0.00513. The Kier molecular flexibility index (Phi) is 4.30. The van der Waals surface area contributed by atoms with Gasteiger partial charge in [-0.2, -0.15) is 5.10 Å². The second-order valence-corrected chi connectivity index (χ2v) is 3.38. The van der Waals surface area contributed by atoms with Gasteiger partial charge in [0, 0.05) is 19.6 Å². The maximum Gasteiger partial charge on any atom is 0.358 e. The Labute approximate surface area is 94.0 Å². The number of carbonyl (C=O) groups excluding carboxylic acids is 1. The van der Waals surface area contributed by atoms with Gasteiger partial charge in [-0.15, -0.1) is 0 Å². The first-order valence-corrected chi connectivity index (χ1v) is 5.22. The van der Waals surface area contributed by atoms with Crippen LogP contribution in [0.2, 0.25) is 0 Å². The zero-order valence-corrected chi connectivity index (χ0v) is 9.56. The average molecular weight is 227 g/mol. The van der Waals surface area contributed by atoms with Crippen molar-refractivity contribution in [2.45, 2.75) is 26.8 Å². The van der Waals surface area contributed by atoms with Crippen molar-refractivity contribution < 1.29 is 14.6 Å². The van der Waals surface area contributed by atoms with Crippen molar-refractivity contribution in [3.8, 4) is 0 Å². The highest BCUT2D eigenvalue weighted by Crippen LogP contribution is 2.17. The first kappa shape index (κ1) is 12.5. The third-order valence-electron chi connectivity index (χ3n) is 2.20. The molecule has 0 saturated heterocycles. The van der Waals surface area contributed by atoms with Crippen LogP contribution in [-0.2, 0) is 11.3 Å². The Bertz CT molecular complexity index is 374. The fourth-order valence-electron chi connectivity index (χ4n) is 1.34. The molecular weight excluding hydrogens is 210 g/mol. The summed E-state index contributed by atoms with van der Waals surface area (Å²) in [6, 6.07) is 0. The molecule has 0 aliphatic rings. The van der Waals surface area contributed by atoms with Gasteiger partial charge in [-0.3, -0.25) is 4.68 Å². The highest BCUT2D eigenvalue weighted by molar-refractivity contribution is 5.93. The van der Waals surface area contributed by atoms with Gasteiger partial charge in [0.2, 0.25) is 0 Å². The van der Waals surface area contributed by atoms with E-state index in [0.29, 0.717) is 24.3 Å². The van der Waals surface area contributed by atoms with Crippen LogP contribution in [0.15, 0.2) is 0 Å². The number of hydrogen-bond donors (Lipinski definition) is 2. The Hall–Kier alpha value is -1.56. The molecular formula is C10H17N3O3. The molecule has 0 aliphatic carbocycles. The fraction of sp³-hybridized carbons (Fsp3) is 0.600. The van der Waals surface area contributed by atoms with Gasteiger partial charge in [-0.05, 0) is 13.8 Å². The van der Waals surface area contributed by atoms with Crippen LogP contribution in [0.4, 0.5) is 5.69 Å². The van der Waals surface area contributed by atoms with Gasteiger partial charge in [-0.1, -0.05) is 0 Å². The van der Waals surface area contributed by atoms with Gasteiger partial charge in [0.15, 0.2) is 5.69 Å². The van der Waals surface area contributed by atoms with E-state index in [0.717, 1.165) is 0 Å². The summed E-state index contributed by atoms with van der Waals surface area (Å²) in [5.41, 5.74) is 7.02. The number of anilines is 1. The summed E-state index contributed by atoms with van der Waals surface area (Å²) in [7, 11) is 0. The van der Waals surface area contributed by atoms with Gasteiger partial charge in [-0.25, -0.2) is 4.79 Å². The molecule has 0 aromatic carbocycles. The summed E-state index contributed by atoms with van der Waals surface area (Å²) < 4.78 is 6.49. The van der Waals surface area contributed by atoms with E-state index in [4.69, 9.17) is 15.6 Å². The van der Waals surface area contributed by atoms with Crippen molar-refractivity contribution in [2.75, 3.05) is 18.9 Å². The molecule has 6 heteroatoms. The fourth-order valence-corrected chi connectivity index (χ4v) is 1.34. The molecule has 1 rings (SSSR count). The molecule has 90 valence electrons. The topological polar surface area (TPSA) is 90.4 Å². The van der Waals surface area contributed by atoms with Crippen LogP contribution in [0.25, 0.3) is 0 Å². The summed E-state index contributed by atoms with van der Waals surface area (Å²) in [6.07, 6.45) is 0.422. The number of aromatic nitrogens is 2. The largest absolute Gasteiger partial charge is 0.461 e.